The predicted molar refractivity (Wildman–Crippen MR) is 92.6 cm³/mol. The molecule has 140 valence electrons. The van der Waals surface area contributed by atoms with Crippen LogP contribution in [-0.2, 0) is 19.1 Å². The van der Waals surface area contributed by atoms with Crippen molar-refractivity contribution < 1.29 is 23.9 Å². The minimum Gasteiger partial charge on any atom is -0.454 e. The van der Waals surface area contributed by atoms with E-state index < -0.39 is 24.4 Å². The van der Waals surface area contributed by atoms with Crippen LogP contribution in [0.25, 0.3) is 0 Å². The van der Waals surface area contributed by atoms with Gasteiger partial charge in [-0.3, -0.25) is 30.0 Å². The Bertz CT molecular complexity index is 641. The highest BCUT2D eigenvalue weighted by Gasteiger charge is 2.21. The Morgan fingerprint density at radius 3 is 2.35 bits per heavy atom. The third-order valence-electron chi connectivity index (χ3n) is 4.10. The first kappa shape index (κ1) is 19.4. The minimum atomic E-state index is -0.710. The van der Waals surface area contributed by atoms with Gasteiger partial charge in [-0.25, -0.2) is 0 Å². The Labute approximate surface area is 151 Å². The lowest BCUT2D eigenvalue weighted by Crippen LogP contribution is -2.44. The quantitative estimate of drug-likeness (QED) is 0.509. The Kier molecular flexibility index (Phi) is 7.60. The molecule has 0 bridgehead atoms. The average Bonchev–Trinajstić information content (AvgIpc) is 2.69. The molecule has 3 N–H and O–H groups in total. The van der Waals surface area contributed by atoms with Crippen LogP contribution in [0.1, 0.15) is 42.5 Å². The Hall–Kier alpha value is -2.90. The summed E-state index contributed by atoms with van der Waals surface area (Å²) in [6, 6.07) is 8.34. The molecule has 0 unspecified atom stereocenters. The number of carbonyl (C=O) groups is 4. The van der Waals surface area contributed by atoms with Gasteiger partial charge >= 0.3 is 5.97 Å². The van der Waals surface area contributed by atoms with Crippen LogP contribution in [-0.4, -0.2) is 36.8 Å². The van der Waals surface area contributed by atoms with E-state index in [1.54, 1.807) is 30.3 Å². The summed E-state index contributed by atoms with van der Waals surface area (Å²) in [4.78, 5) is 46.8. The molecule has 0 atom stereocenters. The van der Waals surface area contributed by atoms with Gasteiger partial charge in [-0.2, -0.15) is 0 Å². The third-order valence-corrected chi connectivity index (χ3v) is 4.10. The van der Waals surface area contributed by atoms with Crippen LogP contribution in [0.5, 0.6) is 0 Å². The van der Waals surface area contributed by atoms with Crippen molar-refractivity contribution in [2.24, 2.45) is 5.92 Å². The van der Waals surface area contributed by atoms with Gasteiger partial charge in [-0.05, 0) is 25.0 Å². The van der Waals surface area contributed by atoms with Crippen LogP contribution in [0, 0.1) is 5.92 Å². The van der Waals surface area contributed by atoms with Crippen molar-refractivity contribution in [2.75, 3.05) is 13.2 Å². The van der Waals surface area contributed by atoms with Gasteiger partial charge < -0.3 is 10.1 Å². The standard InChI is InChI=1S/C18H23N3O5/c22-15(20-21-18(25)14-9-5-2-6-10-14)12-26-16(23)11-19-17(24)13-7-3-1-4-8-13/h2,5-6,9-10,13H,1,3-4,7-8,11-12H2,(H,19,24)(H,20,22)(H,21,25). The van der Waals surface area contributed by atoms with Gasteiger partial charge in [0.05, 0.1) is 0 Å². The van der Waals surface area contributed by atoms with Gasteiger partial charge in [0, 0.05) is 11.5 Å². The maximum Gasteiger partial charge on any atom is 0.325 e. The highest BCUT2D eigenvalue weighted by molar-refractivity contribution is 5.95. The van der Waals surface area contributed by atoms with Crippen LogP contribution >= 0.6 is 0 Å². The number of benzene rings is 1. The first-order valence-corrected chi connectivity index (χ1v) is 8.64. The average molecular weight is 361 g/mol. The summed E-state index contributed by atoms with van der Waals surface area (Å²) in [7, 11) is 0. The number of ether oxygens (including phenoxy) is 1. The van der Waals surface area contributed by atoms with Gasteiger partial charge in [0.2, 0.25) is 5.91 Å². The summed E-state index contributed by atoms with van der Waals surface area (Å²) in [6.07, 6.45) is 4.87. The van der Waals surface area contributed by atoms with Crippen LogP contribution in [0.3, 0.4) is 0 Å². The molecule has 1 aromatic carbocycles. The number of hydrogen-bond donors (Lipinski definition) is 3. The molecule has 2 rings (SSSR count). The van der Waals surface area contributed by atoms with Crippen molar-refractivity contribution >= 4 is 23.7 Å². The van der Waals surface area contributed by atoms with E-state index >= 15 is 0 Å². The van der Waals surface area contributed by atoms with Gasteiger partial charge in [0.25, 0.3) is 11.8 Å². The third kappa shape index (κ3) is 6.54. The molecule has 0 spiro atoms. The van der Waals surface area contributed by atoms with Crippen LogP contribution in [0.15, 0.2) is 30.3 Å². The fourth-order valence-corrected chi connectivity index (χ4v) is 2.69. The lowest BCUT2D eigenvalue weighted by molar-refractivity contribution is -0.148. The molecule has 0 aromatic heterocycles. The Morgan fingerprint density at radius 2 is 1.65 bits per heavy atom. The maximum atomic E-state index is 11.9. The van der Waals surface area contributed by atoms with Crippen molar-refractivity contribution in [3.05, 3.63) is 35.9 Å². The summed E-state index contributed by atoms with van der Waals surface area (Å²) in [6.45, 7) is -0.827. The first-order chi connectivity index (χ1) is 12.6. The molecule has 1 aliphatic carbocycles. The molecular formula is C18H23N3O5. The second-order valence-corrected chi connectivity index (χ2v) is 6.08. The van der Waals surface area contributed by atoms with E-state index in [4.69, 9.17) is 4.74 Å². The fraction of sp³-hybridized carbons (Fsp3) is 0.444. The van der Waals surface area contributed by atoms with Gasteiger partial charge in [-0.15, -0.1) is 0 Å². The fourth-order valence-electron chi connectivity index (χ4n) is 2.69. The number of esters is 1. The lowest BCUT2D eigenvalue weighted by Gasteiger charge is -2.20. The van der Waals surface area contributed by atoms with Crippen molar-refractivity contribution in [2.45, 2.75) is 32.1 Å². The summed E-state index contributed by atoms with van der Waals surface area (Å²) in [5.41, 5.74) is 4.75. The number of hydrazine groups is 1. The minimum absolute atomic E-state index is 0.0481. The van der Waals surface area contributed by atoms with E-state index in [1.165, 1.54) is 0 Å². The molecule has 1 aliphatic rings. The monoisotopic (exact) mass is 361 g/mol. The molecule has 1 aromatic rings. The Balaban J connectivity index is 1.60. The van der Waals surface area contributed by atoms with Crippen LogP contribution in [0.2, 0.25) is 0 Å². The number of hydrogen-bond acceptors (Lipinski definition) is 5. The van der Waals surface area contributed by atoms with Crippen LogP contribution < -0.4 is 16.2 Å². The molecule has 8 heteroatoms. The zero-order valence-corrected chi connectivity index (χ0v) is 14.5. The zero-order valence-electron chi connectivity index (χ0n) is 14.5. The lowest BCUT2D eigenvalue weighted by atomic mass is 9.89. The molecule has 1 saturated carbocycles. The van der Waals surface area contributed by atoms with Crippen molar-refractivity contribution in [1.82, 2.24) is 16.2 Å². The van der Waals surface area contributed by atoms with Crippen molar-refractivity contribution in [1.29, 1.82) is 0 Å². The molecule has 0 aliphatic heterocycles. The topological polar surface area (TPSA) is 114 Å². The molecule has 8 nitrogen and oxygen atoms in total. The zero-order chi connectivity index (χ0) is 18.8. The summed E-state index contributed by atoms with van der Waals surface area (Å²) in [5.74, 6) is -2.07. The Morgan fingerprint density at radius 1 is 0.962 bits per heavy atom. The van der Waals surface area contributed by atoms with E-state index in [1.807, 2.05) is 0 Å². The van der Waals surface area contributed by atoms with E-state index in [0.717, 1.165) is 32.1 Å². The largest absolute Gasteiger partial charge is 0.454 e. The first-order valence-electron chi connectivity index (χ1n) is 8.64. The summed E-state index contributed by atoms with van der Waals surface area (Å²) in [5, 5.41) is 2.53. The number of amides is 3. The van der Waals surface area contributed by atoms with E-state index in [0.29, 0.717) is 5.56 Å². The number of rotatable bonds is 6. The van der Waals surface area contributed by atoms with Gasteiger partial charge in [-0.1, -0.05) is 37.5 Å². The second kappa shape index (κ2) is 10.2. The second-order valence-electron chi connectivity index (χ2n) is 6.08. The maximum absolute atomic E-state index is 11.9. The molecule has 3 amide bonds. The summed E-state index contributed by atoms with van der Waals surface area (Å²) >= 11 is 0. The summed E-state index contributed by atoms with van der Waals surface area (Å²) < 4.78 is 4.76. The normalized spacial score (nSPS) is 14.2. The smallest absolute Gasteiger partial charge is 0.325 e. The van der Waals surface area contributed by atoms with E-state index in [2.05, 4.69) is 16.2 Å². The number of nitrogens with one attached hydrogen (secondary N) is 3. The highest BCUT2D eigenvalue weighted by Crippen LogP contribution is 2.23. The molecular weight excluding hydrogens is 338 g/mol. The molecule has 1 fully saturated rings. The molecule has 0 radical (unpaired) electrons. The molecule has 0 heterocycles. The van der Waals surface area contributed by atoms with Crippen LogP contribution in [0.4, 0.5) is 0 Å². The van der Waals surface area contributed by atoms with E-state index in [-0.39, 0.29) is 18.4 Å². The van der Waals surface area contributed by atoms with Gasteiger partial charge in [0.1, 0.15) is 6.54 Å². The van der Waals surface area contributed by atoms with Gasteiger partial charge in [0.15, 0.2) is 6.61 Å². The van der Waals surface area contributed by atoms with E-state index in [9.17, 15) is 19.2 Å². The SMILES string of the molecule is O=C(COC(=O)CNC(=O)C1CCCCC1)NNC(=O)c1ccccc1. The highest BCUT2D eigenvalue weighted by atomic mass is 16.5. The molecule has 0 saturated heterocycles. The van der Waals surface area contributed by atoms with Crippen molar-refractivity contribution in [3.63, 3.8) is 0 Å². The van der Waals surface area contributed by atoms with Crippen molar-refractivity contribution in [3.8, 4) is 0 Å². The predicted octanol–water partition coefficient (Wildman–Crippen LogP) is 0.687. The molecule has 26 heavy (non-hydrogen) atoms. The number of carbonyl (C=O) groups excluding carboxylic acids is 4.